The van der Waals surface area contributed by atoms with E-state index in [0.717, 1.165) is 12.6 Å². The molecule has 0 aromatic rings. The number of nitrogens with two attached hydrogens (primary N) is 1. The Morgan fingerprint density at radius 3 is 2.26 bits per heavy atom. The second-order valence-corrected chi connectivity index (χ2v) is 14.9. The van der Waals surface area contributed by atoms with E-state index in [9.17, 15) is 4.79 Å². The highest BCUT2D eigenvalue weighted by atomic mass is 28.3. The van der Waals surface area contributed by atoms with Crippen LogP contribution in [0.5, 0.6) is 0 Å². The fourth-order valence-corrected chi connectivity index (χ4v) is 5.98. The summed E-state index contributed by atoms with van der Waals surface area (Å²) < 4.78 is 11.8. The van der Waals surface area contributed by atoms with Crippen LogP contribution in [-0.2, 0) is 9.47 Å². The molecule has 3 atom stereocenters. The predicted octanol–water partition coefficient (Wildman–Crippen LogP) is 3.36. The van der Waals surface area contributed by atoms with E-state index in [2.05, 4.69) is 60.0 Å². The van der Waals surface area contributed by atoms with Gasteiger partial charge in [-0.3, -0.25) is 0 Å². The van der Waals surface area contributed by atoms with Gasteiger partial charge in [-0.05, 0) is 30.8 Å². The maximum Gasteiger partial charge on any atom is 0.404 e. The van der Waals surface area contributed by atoms with Gasteiger partial charge in [0.2, 0.25) is 0 Å². The molecule has 1 amide bonds. The number of rotatable bonds is 5. The normalized spacial score (nSPS) is 26.9. The van der Waals surface area contributed by atoms with Crippen LogP contribution in [0.4, 0.5) is 4.79 Å². The SMILES string of the molecule is C[C@H]1CNC[C@@H](OC(N)=O)[C@@H]1OC(C)(C)C[Si](C)(C)C(C)(C)C. The molecule has 1 heterocycles. The number of piperidine rings is 1. The van der Waals surface area contributed by atoms with Gasteiger partial charge in [0.15, 0.2) is 0 Å². The molecule has 0 bridgehead atoms. The number of hydrogen-bond donors (Lipinski definition) is 2. The molecular weight excluding hydrogens is 308 g/mol. The summed E-state index contributed by atoms with van der Waals surface area (Å²) in [5.41, 5.74) is 4.96. The molecule has 0 saturated carbocycles. The van der Waals surface area contributed by atoms with E-state index in [0.29, 0.717) is 11.6 Å². The highest BCUT2D eigenvalue weighted by Crippen LogP contribution is 2.42. The summed E-state index contributed by atoms with van der Waals surface area (Å²) in [6.45, 7) is 19.7. The summed E-state index contributed by atoms with van der Waals surface area (Å²) in [5.74, 6) is 0.270. The highest BCUT2D eigenvalue weighted by Gasteiger charge is 2.43. The van der Waals surface area contributed by atoms with E-state index in [-0.39, 0.29) is 23.7 Å². The van der Waals surface area contributed by atoms with Crippen LogP contribution in [0.3, 0.4) is 0 Å². The number of ether oxygens (including phenoxy) is 2. The van der Waals surface area contributed by atoms with E-state index in [4.69, 9.17) is 15.2 Å². The molecule has 1 aliphatic heterocycles. The Bertz CT molecular complexity index is 419. The third-order valence-electron chi connectivity index (χ3n) is 5.36. The van der Waals surface area contributed by atoms with Crippen LogP contribution in [0.25, 0.3) is 0 Å². The van der Waals surface area contributed by atoms with Crippen molar-refractivity contribution < 1.29 is 14.3 Å². The Morgan fingerprint density at radius 1 is 1.22 bits per heavy atom. The average Bonchev–Trinajstić information content (AvgIpc) is 2.30. The Kier molecular flexibility index (Phi) is 6.32. The third-order valence-corrected chi connectivity index (χ3v) is 11.2. The van der Waals surface area contributed by atoms with Crippen molar-refractivity contribution in [3.8, 4) is 0 Å². The molecule has 1 aliphatic rings. The maximum absolute atomic E-state index is 11.2. The quantitative estimate of drug-likeness (QED) is 0.750. The lowest BCUT2D eigenvalue weighted by atomic mass is 9.94. The van der Waals surface area contributed by atoms with Crippen LogP contribution in [0, 0.1) is 5.92 Å². The van der Waals surface area contributed by atoms with Crippen molar-refractivity contribution in [1.82, 2.24) is 5.32 Å². The lowest BCUT2D eigenvalue weighted by Crippen LogP contribution is -2.56. The lowest BCUT2D eigenvalue weighted by molar-refractivity contribution is -0.140. The van der Waals surface area contributed by atoms with Gasteiger partial charge in [0.1, 0.15) is 12.2 Å². The summed E-state index contributed by atoms with van der Waals surface area (Å²) in [6.07, 6.45) is -1.18. The van der Waals surface area contributed by atoms with Crippen molar-refractivity contribution in [1.29, 1.82) is 0 Å². The molecule has 23 heavy (non-hydrogen) atoms. The maximum atomic E-state index is 11.2. The van der Waals surface area contributed by atoms with Gasteiger partial charge < -0.3 is 20.5 Å². The molecule has 1 fully saturated rings. The highest BCUT2D eigenvalue weighted by molar-refractivity contribution is 6.80. The summed E-state index contributed by atoms with van der Waals surface area (Å²) in [5, 5.41) is 3.59. The first-order valence-corrected chi connectivity index (χ1v) is 11.8. The fraction of sp³-hybridized carbons (Fsp3) is 0.941. The molecule has 136 valence electrons. The van der Waals surface area contributed by atoms with Crippen LogP contribution in [0.2, 0.25) is 24.2 Å². The number of primary amides is 1. The van der Waals surface area contributed by atoms with Crippen LogP contribution in [0.1, 0.15) is 41.5 Å². The van der Waals surface area contributed by atoms with Crippen LogP contribution in [-0.4, -0.2) is 45.1 Å². The van der Waals surface area contributed by atoms with Crippen molar-refractivity contribution in [2.45, 2.75) is 83.5 Å². The second kappa shape index (κ2) is 7.11. The number of nitrogens with one attached hydrogen (secondary N) is 1. The van der Waals surface area contributed by atoms with E-state index < -0.39 is 14.2 Å². The Morgan fingerprint density at radius 2 is 1.78 bits per heavy atom. The first-order chi connectivity index (χ1) is 10.3. The molecule has 1 rings (SSSR count). The van der Waals surface area contributed by atoms with Crippen molar-refractivity contribution in [2.75, 3.05) is 13.1 Å². The van der Waals surface area contributed by atoms with Gasteiger partial charge in [-0.1, -0.05) is 40.8 Å². The zero-order valence-electron chi connectivity index (χ0n) is 16.2. The van der Waals surface area contributed by atoms with E-state index in [1.54, 1.807) is 0 Å². The number of amides is 1. The van der Waals surface area contributed by atoms with Crippen molar-refractivity contribution >= 4 is 14.2 Å². The number of hydrogen-bond acceptors (Lipinski definition) is 4. The van der Waals surface area contributed by atoms with Crippen molar-refractivity contribution in [3.63, 3.8) is 0 Å². The monoisotopic (exact) mass is 344 g/mol. The predicted molar refractivity (Wildman–Crippen MR) is 97.4 cm³/mol. The van der Waals surface area contributed by atoms with Crippen molar-refractivity contribution in [2.24, 2.45) is 11.7 Å². The van der Waals surface area contributed by atoms with E-state index in [1.165, 1.54) is 0 Å². The molecular formula is C17H36N2O3Si. The second-order valence-electron chi connectivity index (χ2n) is 9.26. The van der Waals surface area contributed by atoms with Gasteiger partial charge in [0, 0.05) is 13.1 Å². The zero-order valence-corrected chi connectivity index (χ0v) is 17.2. The summed E-state index contributed by atoms with van der Waals surface area (Å²) >= 11 is 0. The molecule has 1 saturated heterocycles. The molecule has 0 aromatic heterocycles. The smallest absolute Gasteiger partial charge is 0.404 e. The van der Waals surface area contributed by atoms with Crippen molar-refractivity contribution in [3.05, 3.63) is 0 Å². The molecule has 0 radical (unpaired) electrons. The Labute approximate surface area is 142 Å². The van der Waals surface area contributed by atoms with Crippen LogP contribution < -0.4 is 11.1 Å². The van der Waals surface area contributed by atoms with Crippen LogP contribution in [0.15, 0.2) is 0 Å². The molecule has 0 unspecified atom stereocenters. The first-order valence-electron chi connectivity index (χ1n) is 8.60. The molecule has 6 heteroatoms. The minimum atomic E-state index is -1.47. The lowest BCUT2D eigenvalue weighted by Gasteiger charge is -2.46. The average molecular weight is 345 g/mol. The zero-order chi connectivity index (χ0) is 18.1. The molecule has 5 nitrogen and oxygen atoms in total. The first kappa shape index (κ1) is 20.5. The van der Waals surface area contributed by atoms with Gasteiger partial charge in [0.05, 0.1) is 13.7 Å². The molecule has 3 N–H and O–H groups in total. The largest absolute Gasteiger partial charge is 0.442 e. The van der Waals surface area contributed by atoms with Crippen LogP contribution >= 0.6 is 0 Å². The fourth-order valence-electron chi connectivity index (χ4n) is 3.24. The van der Waals surface area contributed by atoms with Gasteiger partial charge in [-0.15, -0.1) is 0 Å². The standard InChI is InChI=1S/C17H36N2O3Si/c1-12-9-19-10-13(21-15(18)20)14(12)22-17(5,6)11-23(7,8)16(2,3)4/h12-14,19H,9-11H2,1-8H3,(H2,18,20)/t12-,13+,14+/m0/s1. The van der Waals surface area contributed by atoms with E-state index in [1.807, 2.05) is 0 Å². The minimum absolute atomic E-state index is 0.122. The Hall–Kier alpha value is -0.593. The topological polar surface area (TPSA) is 73.6 Å². The van der Waals surface area contributed by atoms with Gasteiger partial charge in [-0.2, -0.15) is 0 Å². The molecule has 0 aliphatic carbocycles. The minimum Gasteiger partial charge on any atom is -0.442 e. The third kappa shape index (κ3) is 5.76. The van der Waals surface area contributed by atoms with Gasteiger partial charge in [0.25, 0.3) is 0 Å². The van der Waals surface area contributed by atoms with E-state index >= 15 is 0 Å². The molecule has 0 aromatic carbocycles. The summed E-state index contributed by atoms with van der Waals surface area (Å²) in [7, 11) is -1.47. The van der Waals surface area contributed by atoms with Gasteiger partial charge >= 0.3 is 6.09 Å². The van der Waals surface area contributed by atoms with Gasteiger partial charge in [-0.25, -0.2) is 4.79 Å². The summed E-state index contributed by atoms with van der Waals surface area (Å²) in [6, 6.07) is 1.06. The number of carbonyl (C=O) groups is 1. The Balaban J connectivity index is 2.85. The summed E-state index contributed by atoms with van der Waals surface area (Å²) in [4.78, 5) is 11.2. The molecule has 0 spiro atoms. The number of carbonyl (C=O) groups excluding carboxylic acids is 1.